The highest BCUT2D eigenvalue weighted by molar-refractivity contribution is 5.44. The lowest BCUT2D eigenvalue weighted by atomic mass is 10.3. The Labute approximate surface area is 93.6 Å². The standard InChI is InChI=1S/C11H14N4O/c12-15-11-5-1-4-10(14-11)13-7-6-9-3-2-8-16-9/h1-5,8H,6-7,12H2,(H2,13,14,15). The Morgan fingerprint density at radius 3 is 2.81 bits per heavy atom. The van der Waals surface area contributed by atoms with Crippen molar-refractivity contribution in [2.75, 3.05) is 17.3 Å². The van der Waals surface area contributed by atoms with Crippen LogP contribution in [-0.4, -0.2) is 11.5 Å². The van der Waals surface area contributed by atoms with Gasteiger partial charge in [-0.15, -0.1) is 0 Å². The quantitative estimate of drug-likeness (QED) is 0.525. The topological polar surface area (TPSA) is 76.1 Å². The molecule has 16 heavy (non-hydrogen) atoms. The van der Waals surface area contributed by atoms with E-state index in [2.05, 4.69) is 15.7 Å². The molecule has 0 aromatic carbocycles. The summed E-state index contributed by atoms with van der Waals surface area (Å²) < 4.78 is 5.22. The van der Waals surface area contributed by atoms with E-state index in [4.69, 9.17) is 10.3 Å². The molecule has 0 saturated carbocycles. The molecule has 2 heterocycles. The summed E-state index contributed by atoms with van der Waals surface area (Å²) in [6.07, 6.45) is 2.50. The van der Waals surface area contributed by atoms with E-state index >= 15 is 0 Å². The molecule has 2 aromatic heterocycles. The van der Waals surface area contributed by atoms with Gasteiger partial charge in [-0.2, -0.15) is 0 Å². The number of nitrogens with two attached hydrogens (primary N) is 1. The zero-order valence-corrected chi connectivity index (χ0v) is 8.81. The molecule has 0 aliphatic carbocycles. The lowest BCUT2D eigenvalue weighted by Gasteiger charge is -2.05. The predicted molar refractivity (Wildman–Crippen MR) is 62.9 cm³/mol. The molecule has 84 valence electrons. The van der Waals surface area contributed by atoms with Gasteiger partial charge in [-0.1, -0.05) is 6.07 Å². The number of nitrogens with one attached hydrogen (secondary N) is 2. The minimum atomic E-state index is 0.642. The summed E-state index contributed by atoms with van der Waals surface area (Å²) in [7, 11) is 0. The molecule has 0 radical (unpaired) electrons. The number of anilines is 2. The van der Waals surface area contributed by atoms with E-state index in [9.17, 15) is 0 Å². The normalized spacial score (nSPS) is 10.1. The van der Waals surface area contributed by atoms with Gasteiger partial charge in [0, 0.05) is 13.0 Å². The van der Waals surface area contributed by atoms with E-state index in [1.165, 1.54) is 0 Å². The van der Waals surface area contributed by atoms with Gasteiger partial charge < -0.3 is 15.2 Å². The predicted octanol–water partition coefficient (Wildman–Crippen LogP) is 1.61. The van der Waals surface area contributed by atoms with Crippen LogP contribution in [0.25, 0.3) is 0 Å². The monoisotopic (exact) mass is 218 g/mol. The van der Waals surface area contributed by atoms with Crippen molar-refractivity contribution in [3.63, 3.8) is 0 Å². The van der Waals surface area contributed by atoms with Crippen molar-refractivity contribution in [1.29, 1.82) is 0 Å². The van der Waals surface area contributed by atoms with E-state index in [0.717, 1.165) is 24.5 Å². The van der Waals surface area contributed by atoms with Crippen molar-refractivity contribution in [2.24, 2.45) is 5.84 Å². The average Bonchev–Trinajstić information content (AvgIpc) is 2.82. The third-order valence-electron chi connectivity index (χ3n) is 2.15. The van der Waals surface area contributed by atoms with Crippen LogP contribution in [0.3, 0.4) is 0 Å². The fourth-order valence-corrected chi connectivity index (χ4v) is 1.38. The van der Waals surface area contributed by atoms with Crippen LogP contribution in [0, 0.1) is 0 Å². The van der Waals surface area contributed by atoms with Gasteiger partial charge in [0.05, 0.1) is 6.26 Å². The Bertz CT molecular complexity index is 427. The lowest BCUT2D eigenvalue weighted by Crippen LogP contribution is -2.10. The molecular formula is C11H14N4O. The molecule has 2 aromatic rings. The molecule has 0 fully saturated rings. The van der Waals surface area contributed by atoms with E-state index in [1.54, 1.807) is 12.3 Å². The molecule has 0 atom stereocenters. The molecule has 0 saturated heterocycles. The molecule has 0 bridgehead atoms. The van der Waals surface area contributed by atoms with Gasteiger partial charge in [-0.3, -0.25) is 0 Å². The Morgan fingerprint density at radius 1 is 1.19 bits per heavy atom. The second-order valence-electron chi connectivity index (χ2n) is 3.31. The largest absolute Gasteiger partial charge is 0.469 e. The number of furan rings is 1. The molecule has 0 amide bonds. The molecule has 5 heteroatoms. The van der Waals surface area contributed by atoms with Gasteiger partial charge >= 0.3 is 0 Å². The van der Waals surface area contributed by atoms with Crippen LogP contribution in [0.2, 0.25) is 0 Å². The SMILES string of the molecule is NNc1cccc(NCCc2ccco2)n1. The molecule has 5 nitrogen and oxygen atoms in total. The zero-order chi connectivity index (χ0) is 11.2. The van der Waals surface area contributed by atoms with Gasteiger partial charge in [0.1, 0.15) is 17.4 Å². The van der Waals surface area contributed by atoms with Crippen LogP contribution in [0.1, 0.15) is 5.76 Å². The van der Waals surface area contributed by atoms with Crippen LogP contribution < -0.4 is 16.6 Å². The summed E-state index contributed by atoms with van der Waals surface area (Å²) in [6, 6.07) is 9.41. The lowest BCUT2D eigenvalue weighted by molar-refractivity contribution is 0.513. The van der Waals surface area contributed by atoms with Crippen LogP contribution >= 0.6 is 0 Å². The number of aromatic nitrogens is 1. The van der Waals surface area contributed by atoms with Crippen molar-refractivity contribution in [3.05, 3.63) is 42.4 Å². The third kappa shape index (κ3) is 2.74. The van der Waals surface area contributed by atoms with Crippen LogP contribution in [0.15, 0.2) is 41.0 Å². The maximum absolute atomic E-state index is 5.27. The van der Waals surface area contributed by atoms with E-state index in [1.807, 2.05) is 24.3 Å². The van der Waals surface area contributed by atoms with Crippen molar-refractivity contribution < 1.29 is 4.42 Å². The summed E-state index contributed by atoms with van der Waals surface area (Å²) in [6.45, 7) is 0.772. The van der Waals surface area contributed by atoms with Gasteiger partial charge in [-0.05, 0) is 24.3 Å². The fraction of sp³-hybridized carbons (Fsp3) is 0.182. The van der Waals surface area contributed by atoms with Crippen LogP contribution in [0.5, 0.6) is 0 Å². The number of hydrogen-bond acceptors (Lipinski definition) is 5. The van der Waals surface area contributed by atoms with Crippen molar-refractivity contribution in [3.8, 4) is 0 Å². The van der Waals surface area contributed by atoms with Crippen molar-refractivity contribution in [1.82, 2.24) is 4.98 Å². The first-order chi connectivity index (χ1) is 7.88. The van der Waals surface area contributed by atoms with Crippen LogP contribution in [-0.2, 0) is 6.42 Å². The minimum Gasteiger partial charge on any atom is -0.469 e. The fourth-order valence-electron chi connectivity index (χ4n) is 1.38. The second kappa shape index (κ2) is 5.18. The first-order valence-electron chi connectivity index (χ1n) is 5.08. The zero-order valence-electron chi connectivity index (χ0n) is 8.81. The Kier molecular flexibility index (Phi) is 3.40. The van der Waals surface area contributed by atoms with E-state index in [0.29, 0.717) is 5.82 Å². The second-order valence-corrected chi connectivity index (χ2v) is 3.31. The smallest absolute Gasteiger partial charge is 0.142 e. The first kappa shape index (κ1) is 10.5. The summed E-state index contributed by atoms with van der Waals surface area (Å²) in [5.74, 6) is 7.66. The molecule has 0 aliphatic rings. The minimum absolute atomic E-state index is 0.642. The first-order valence-corrected chi connectivity index (χ1v) is 5.08. The number of rotatable bonds is 5. The Morgan fingerprint density at radius 2 is 2.06 bits per heavy atom. The molecule has 0 spiro atoms. The maximum Gasteiger partial charge on any atom is 0.142 e. The highest BCUT2D eigenvalue weighted by Gasteiger charge is 1.97. The molecule has 4 N–H and O–H groups in total. The summed E-state index contributed by atoms with van der Waals surface area (Å²) in [5.41, 5.74) is 2.50. The average molecular weight is 218 g/mol. The number of pyridine rings is 1. The number of hydrazine groups is 1. The molecular weight excluding hydrogens is 204 g/mol. The summed E-state index contributed by atoms with van der Waals surface area (Å²) in [4.78, 5) is 4.23. The molecule has 2 rings (SSSR count). The van der Waals surface area contributed by atoms with Crippen molar-refractivity contribution in [2.45, 2.75) is 6.42 Å². The summed E-state index contributed by atoms with van der Waals surface area (Å²) >= 11 is 0. The van der Waals surface area contributed by atoms with Crippen molar-refractivity contribution >= 4 is 11.6 Å². The van der Waals surface area contributed by atoms with Gasteiger partial charge in [0.15, 0.2) is 0 Å². The van der Waals surface area contributed by atoms with Crippen LogP contribution in [0.4, 0.5) is 11.6 Å². The molecule has 0 unspecified atom stereocenters. The summed E-state index contributed by atoms with van der Waals surface area (Å²) in [5, 5.41) is 3.19. The number of nitrogen functional groups attached to an aromatic ring is 1. The Hall–Kier alpha value is -2.01. The van der Waals surface area contributed by atoms with E-state index in [-0.39, 0.29) is 0 Å². The number of nitrogens with zero attached hydrogens (tertiary/aromatic N) is 1. The highest BCUT2D eigenvalue weighted by Crippen LogP contribution is 2.08. The van der Waals surface area contributed by atoms with Gasteiger partial charge in [0.25, 0.3) is 0 Å². The number of hydrogen-bond donors (Lipinski definition) is 3. The van der Waals surface area contributed by atoms with Gasteiger partial charge in [-0.25, -0.2) is 10.8 Å². The molecule has 0 aliphatic heterocycles. The Balaban J connectivity index is 1.85. The van der Waals surface area contributed by atoms with Gasteiger partial charge in [0.2, 0.25) is 0 Å². The maximum atomic E-state index is 5.27. The van der Waals surface area contributed by atoms with E-state index < -0.39 is 0 Å². The highest BCUT2D eigenvalue weighted by atomic mass is 16.3. The third-order valence-corrected chi connectivity index (χ3v) is 2.15.